The van der Waals surface area contributed by atoms with E-state index in [4.69, 9.17) is 8.83 Å². The smallest absolute Gasteiger partial charge is 0.144 e. The molecule has 49 heavy (non-hydrogen) atoms. The van der Waals surface area contributed by atoms with Gasteiger partial charge in [-0.1, -0.05) is 121 Å². The van der Waals surface area contributed by atoms with Crippen LogP contribution in [0.15, 0.2) is 167 Å². The number of hydrogen-bond donors (Lipinski definition) is 0. The Balaban J connectivity index is 1.30. The molecule has 0 aliphatic carbocycles. The average Bonchev–Trinajstić information content (AvgIpc) is 3.87. The molecule has 8 aromatic carbocycles. The third-order valence-electron chi connectivity index (χ3n) is 10.1. The number of fused-ring (bicyclic) bond motifs is 9. The van der Waals surface area contributed by atoms with Gasteiger partial charge in [-0.2, -0.15) is 0 Å². The topological polar surface area (TPSA) is 26.3 Å². The number of rotatable bonds is 3. The lowest BCUT2D eigenvalue weighted by Crippen LogP contribution is -1.91. The molecule has 0 amide bonds. The van der Waals surface area contributed by atoms with E-state index in [1.165, 1.54) is 52.8 Å². The minimum absolute atomic E-state index is 0.843. The van der Waals surface area contributed by atoms with Crippen LogP contribution in [0, 0.1) is 0 Å². The summed E-state index contributed by atoms with van der Waals surface area (Å²) in [6, 6.07) is 56.4. The van der Waals surface area contributed by atoms with Crippen molar-refractivity contribution in [1.29, 1.82) is 0 Å². The minimum Gasteiger partial charge on any atom is -0.456 e. The molecule has 0 aliphatic heterocycles. The molecule has 0 aliphatic rings. The normalized spacial score (nSPS) is 12.1. The molecule has 0 saturated heterocycles. The Morgan fingerprint density at radius 3 is 1.69 bits per heavy atom. The van der Waals surface area contributed by atoms with Crippen molar-refractivity contribution < 1.29 is 8.83 Å². The fourth-order valence-corrected chi connectivity index (χ4v) is 9.03. The average molecular weight is 643 g/mol. The summed E-state index contributed by atoms with van der Waals surface area (Å²) in [5.41, 5.74) is 8.33. The lowest BCUT2D eigenvalue weighted by molar-refractivity contribution is 0.631. The Kier molecular flexibility index (Phi) is 5.57. The van der Waals surface area contributed by atoms with Crippen molar-refractivity contribution in [2.45, 2.75) is 0 Å². The second-order valence-corrected chi connectivity index (χ2v) is 13.8. The maximum Gasteiger partial charge on any atom is 0.144 e. The van der Waals surface area contributed by atoms with Gasteiger partial charge in [-0.05, 0) is 69.1 Å². The van der Waals surface area contributed by atoms with Crippen LogP contribution in [-0.4, -0.2) is 0 Å². The molecule has 0 spiro atoms. The number of hydrogen-bond acceptors (Lipinski definition) is 3. The highest BCUT2D eigenvalue weighted by Crippen LogP contribution is 2.50. The third-order valence-corrected chi connectivity index (χ3v) is 11.2. The van der Waals surface area contributed by atoms with Crippen molar-refractivity contribution in [2.75, 3.05) is 0 Å². The van der Waals surface area contributed by atoms with E-state index in [-0.39, 0.29) is 0 Å². The SMILES string of the molecule is c1ccc(-c2cc3c(-c4c5ccccc5c(-c5ccc6sc7ccccc7c6c5)c5ccccc45)c4oc5ccccc5c4cc3o2)cc1. The first kappa shape index (κ1) is 26.9. The summed E-state index contributed by atoms with van der Waals surface area (Å²) in [5, 5.41) is 10.6. The molecule has 228 valence electrons. The summed E-state index contributed by atoms with van der Waals surface area (Å²) >= 11 is 1.86. The lowest BCUT2D eigenvalue weighted by Gasteiger charge is -2.18. The molecule has 0 saturated carbocycles. The third kappa shape index (κ3) is 3.88. The van der Waals surface area contributed by atoms with Crippen molar-refractivity contribution >= 4 is 86.0 Å². The summed E-state index contributed by atoms with van der Waals surface area (Å²) < 4.78 is 16.1. The zero-order valence-electron chi connectivity index (χ0n) is 26.2. The van der Waals surface area contributed by atoms with Crippen LogP contribution in [0.1, 0.15) is 0 Å². The molecule has 3 heterocycles. The van der Waals surface area contributed by atoms with Crippen LogP contribution in [0.25, 0.3) is 108 Å². The van der Waals surface area contributed by atoms with Crippen molar-refractivity contribution in [3.63, 3.8) is 0 Å². The molecule has 11 rings (SSSR count). The molecule has 3 aromatic heterocycles. The monoisotopic (exact) mass is 642 g/mol. The van der Waals surface area contributed by atoms with Crippen LogP contribution in [0.4, 0.5) is 0 Å². The highest BCUT2D eigenvalue weighted by atomic mass is 32.1. The highest BCUT2D eigenvalue weighted by molar-refractivity contribution is 7.25. The van der Waals surface area contributed by atoms with Gasteiger partial charge in [0.05, 0.1) is 0 Å². The molecule has 3 heteroatoms. The van der Waals surface area contributed by atoms with Gasteiger partial charge in [0.15, 0.2) is 0 Å². The van der Waals surface area contributed by atoms with Crippen molar-refractivity contribution in [2.24, 2.45) is 0 Å². The van der Waals surface area contributed by atoms with Gasteiger partial charge in [0, 0.05) is 53.0 Å². The van der Waals surface area contributed by atoms with Crippen LogP contribution < -0.4 is 0 Å². The predicted molar refractivity (Wildman–Crippen MR) is 208 cm³/mol. The fraction of sp³-hybridized carbons (Fsp3) is 0. The zero-order chi connectivity index (χ0) is 32.1. The lowest BCUT2D eigenvalue weighted by atomic mass is 9.84. The Morgan fingerprint density at radius 2 is 0.939 bits per heavy atom. The summed E-state index contributed by atoms with van der Waals surface area (Å²) in [6.45, 7) is 0. The van der Waals surface area contributed by atoms with Crippen molar-refractivity contribution in [3.8, 4) is 33.6 Å². The Morgan fingerprint density at radius 1 is 0.327 bits per heavy atom. The minimum atomic E-state index is 0.843. The second kappa shape index (κ2) is 10.2. The Bertz CT molecular complexity index is 3050. The van der Waals surface area contributed by atoms with Crippen molar-refractivity contribution in [3.05, 3.63) is 158 Å². The van der Waals surface area contributed by atoms with Crippen LogP contribution in [-0.2, 0) is 0 Å². The van der Waals surface area contributed by atoms with E-state index in [1.54, 1.807) is 0 Å². The molecule has 0 bridgehead atoms. The van der Waals surface area contributed by atoms with Crippen LogP contribution in [0.3, 0.4) is 0 Å². The summed E-state index contributed by atoms with van der Waals surface area (Å²) in [7, 11) is 0. The molecular formula is C46H26O2S. The summed E-state index contributed by atoms with van der Waals surface area (Å²) in [4.78, 5) is 0. The van der Waals surface area contributed by atoms with Gasteiger partial charge in [0.1, 0.15) is 22.5 Å². The molecule has 11 aromatic rings. The van der Waals surface area contributed by atoms with E-state index in [0.717, 1.165) is 55.4 Å². The number of furan rings is 2. The number of para-hydroxylation sites is 1. The van der Waals surface area contributed by atoms with Gasteiger partial charge in [0.25, 0.3) is 0 Å². The van der Waals surface area contributed by atoms with Crippen molar-refractivity contribution in [1.82, 2.24) is 0 Å². The summed E-state index contributed by atoms with van der Waals surface area (Å²) in [6.07, 6.45) is 0. The van der Waals surface area contributed by atoms with Gasteiger partial charge < -0.3 is 8.83 Å². The maximum atomic E-state index is 6.81. The molecule has 0 unspecified atom stereocenters. The van der Waals surface area contributed by atoms with Crippen LogP contribution in [0.2, 0.25) is 0 Å². The van der Waals surface area contributed by atoms with Gasteiger partial charge in [0.2, 0.25) is 0 Å². The van der Waals surface area contributed by atoms with Gasteiger partial charge in [-0.3, -0.25) is 0 Å². The number of thiophene rings is 1. The molecule has 2 nitrogen and oxygen atoms in total. The van der Waals surface area contributed by atoms with E-state index in [1.807, 2.05) is 23.5 Å². The largest absolute Gasteiger partial charge is 0.456 e. The van der Waals surface area contributed by atoms with Gasteiger partial charge >= 0.3 is 0 Å². The van der Waals surface area contributed by atoms with E-state index in [0.29, 0.717) is 0 Å². The molecule has 0 N–H and O–H groups in total. The fourth-order valence-electron chi connectivity index (χ4n) is 7.94. The Labute approximate surface area is 285 Å². The first-order chi connectivity index (χ1) is 24.3. The zero-order valence-corrected chi connectivity index (χ0v) is 27.1. The number of benzene rings is 8. The molecule has 0 radical (unpaired) electrons. The predicted octanol–water partition coefficient (Wildman–Crippen LogP) is 14.0. The van der Waals surface area contributed by atoms with Crippen LogP contribution >= 0.6 is 11.3 Å². The second-order valence-electron chi connectivity index (χ2n) is 12.8. The molecule has 0 atom stereocenters. The van der Waals surface area contributed by atoms with Gasteiger partial charge in [-0.25, -0.2) is 0 Å². The summed E-state index contributed by atoms with van der Waals surface area (Å²) in [5.74, 6) is 0.843. The highest BCUT2D eigenvalue weighted by Gasteiger charge is 2.25. The first-order valence-electron chi connectivity index (χ1n) is 16.6. The Hall–Kier alpha value is -6.16. The standard InChI is InChI=1S/C46H26O2S/c1-2-12-27(13-3-1)39-26-37-40(47-39)25-36-29-14-8-10-20-38(29)48-46(36)45(37)44-33-18-6-4-16-31(33)43(32-17-5-7-19-34(32)44)28-22-23-42-35(24-28)30-15-9-11-21-41(30)49-42/h1-26H. The van der Waals surface area contributed by atoms with E-state index < -0.39 is 0 Å². The molecule has 0 fully saturated rings. The van der Waals surface area contributed by atoms with E-state index in [9.17, 15) is 0 Å². The van der Waals surface area contributed by atoms with E-state index in [2.05, 4.69) is 146 Å². The molecular weight excluding hydrogens is 617 g/mol. The van der Waals surface area contributed by atoms with Gasteiger partial charge in [-0.15, -0.1) is 11.3 Å². The maximum absolute atomic E-state index is 6.81. The first-order valence-corrected chi connectivity index (χ1v) is 17.4. The van der Waals surface area contributed by atoms with E-state index >= 15 is 0 Å². The quantitative estimate of drug-likeness (QED) is 0.179. The van der Waals surface area contributed by atoms with Crippen LogP contribution in [0.5, 0.6) is 0 Å².